The number of aliphatic hydroxyl groups is 1. The summed E-state index contributed by atoms with van der Waals surface area (Å²) in [6.45, 7) is 5.86. The standard InChI is InChI=1S/C22H36N2O7/c1-4-30-20(26)18-10-17(25)13-23(18)11-14-6-7-15-12-24(22(28)29-3)19(9-16(15)8-14)21(27)31-5-2/h14-19,25H,4-13H2,1-3H3/t14-,15-,16+,17+,18-,19-/m0/s1. The Morgan fingerprint density at radius 1 is 0.903 bits per heavy atom. The van der Waals surface area contributed by atoms with Crippen LogP contribution in [-0.4, -0.2) is 91.1 Å². The number of aliphatic hydroxyl groups excluding tert-OH is 1. The second-order valence-electron chi connectivity index (χ2n) is 8.94. The highest BCUT2D eigenvalue weighted by molar-refractivity contribution is 5.81. The molecule has 3 aliphatic rings. The Morgan fingerprint density at radius 3 is 2.23 bits per heavy atom. The van der Waals surface area contributed by atoms with E-state index in [9.17, 15) is 19.5 Å². The minimum atomic E-state index is -0.617. The van der Waals surface area contributed by atoms with Crippen molar-refractivity contribution in [2.24, 2.45) is 17.8 Å². The molecule has 9 nitrogen and oxygen atoms in total. The number of β-amino-alcohol motifs (C(OH)–C–C–N with tert-alkyl or cyclic N) is 1. The fourth-order valence-electron chi connectivity index (χ4n) is 5.59. The molecule has 6 atom stereocenters. The second-order valence-corrected chi connectivity index (χ2v) is 8.94. The van der Waals surface area contributed by atoms with E-state index in [4.69, 9.17) is 14.2 Å². The molecular formula is C22H36N2O7. The van der Waals surface area contributed by atoms with Crippen molar-refractivity contribution in [1.29, 1.82) is 0 Å². The van der Waals surface area contributed by atoms with Crippen molar-refractivity contribution < 1.29 is 33.7 Å². The maximum atomic E-state index is 12.5. The van der Waals surface area contributed by atoms with Crippen LogP contribution in [0, 0.1) is 17.8 Å². The van der Waals surface area contributed by atoms with E-state index in [1.807, 2.05) is 0 Å². The van der Waals surface area contributed by atoms with Crippen LogP contribution in [0.2, 0.25) is 0 Å². The zero-order valence-corrected chi connectivity index (χ0v) is 18.8. The van der Waals surface area contributed by atoms with Gasteiger partial charge in [-0.1, -0.05) is 0 Å². The van der Waals surface area contributed by atoms with Gasteiger partial charge in [0.1, 0.15) is 12.1 Å². The maximum Gasteiger partial charge on any atom is 0.410 e. The van der Waals surface area contributed by atoms with Gasteiger partial charge < -0.3 is 19.3 Å². The summed E-state index contributed by atoms with van der Waals surface area (Å²) < 4.78 is 15.3. The van der Waals surface area contributed by atoms with Crippen LogP contribution in [0.3, 0.4) is 0 Å². The number of ether oxygens (including phenoxy) is 3. The third-order valence-electron chi connectivity index (χ3n) is 6.98. The third-order valence-corrected chi connectivity index (χ3v) is 6.98. The van der Waals surface area contributed by atoms with E-state index >= 15 is 0 Å². The fourth-order valence-corrected chi connectivity index (χ4v) is 5.59. The third kappa shape index (κ3) is 5.49. The lowest BCUT2D eigenvalue weighted by molar-refractivity contribution is -0.153. The first-order chi connectivity index (χ1) is 14.9. The van der Waals surface area contributed by atoms with Crippen LogP contribution in [0.25, 0.3) is 0 Å². The predicted octanol–water partition coefficient (Wildman–Crippen LogP) is 1.42. The molecule has 176 valence electrons. The smallest absolute Gasteiger partial charge is 0.410 e. The predicted molar refractivity (Wildman–Crippen MR) is 111 cm³/mol. The summed E-state index contributed by atoms with van der Waals surface area (Å²) >= 11 is 0. The van der Waals surface area contributed by atoms with Gasteiger partial charge in [-0.2, -0.15) is 0 Å². The van der Waals surface area contributed by atoms with E-state index in [2.05, 4.69) is 4.90 Å². The van der Waals surface area contributed by atoms with Crippen LogP contribution < -0.4 is 0 Å². The molecule has 0 radical (unpaired) electrons. The Hall–Kier alpha value is -1.87. The largest absolute Gasteiger partial charge is 0.465 e. The first-order valence-corrected chi connectivity index (χ1v) is 11.5. The van der Waals surface area contributed by atoms with Gasteiger partial charge in [-0.3, -0.25) is 14.6 Å². The molecule has 0 unspecified atom stereocenters. The average molecular weight is 441 g/mol. The van der Waals surface area contributed by atoms with E-state index in [-0.39, 0.29) is 24.6 Å². The summed E-state index contributed by atoms with van der Waals surface area (Å²) in [5, 5.41) is 10.1. The van der Waals surface area contributed by atoms with E-state index in [0.717, 1.165) is 25.8 Å². The molecule has 1 amide bonds. The fraction of sp³-hybridized carbons (Fsp3) is 0.864. The number of esters is 2. The lowest BCUT2D eigenvalue weighted by atomic mass is 9.69. The van der Waals surface area contributed by atoms with Gasteiger partial charge >= 0.3 is 18.0 Å². The number of fused-ring (bicyclic) bond motifs is 1. The van der Waals surface area contributed by atoms with Crippen molar-refractivity contribution in [3.63, 3.8) is 0 Å². The molecule has 2 saturated heterocycles. The molecule has 0 aromatic rings. The first kappa shape index (κ1) is 23.8. The zero-order valence-electron chi connectivity index (χ0n) is 18.8. The Balaban J connectivity index is 1.64. The molecule has 3 rings (SSSR count). The molecule has 1 N–H and O–H groups in total. The molecule has 3 fully saturated rings. The van der Waals surface area contributed by atoms with Gasteiger partial charge in [0.05, 0.1) is 26.4 Å². The van der Waals surface area contributed by atoms with Crippen molar-refractivity contribution >= 4 is 18.0 Å². The van der Waals surface area contributed by atoms with Crippen molar-refractivity contribution in [1.82, 2.24) is 9.80 Å². The monoisotopic (exact) mass is 440 g/mol. The number of carbonyl (C=O) groups excluding carboxylic acids is 3. The van der Waals surface area contributed by atoms with Gasteiger partial charge in [-0.25, -0.2) is 9.59 Å². The van der Waals surface area contributed by atoms with E-state index < -0.39 is 18.2 Å². The van der Waals surface area contributed by atoms with Crippen molar-refractivity contribution in [3.05, 3.63) is 0 Å². The van der Waals surface area contributed by atoms with Crippen molar-refractivity contribution in [2.45, 2.75) is 64.1 Å². The maximum absolute atomic E-state index is 12.5. The Morgan fingerprint density at radius 2 is 1.58 bits per heavy atom. The number of piperidine rings is 1. The molecule has 1 aliphatic carbocycles. The topological polar surface area (TPSA) is 106 Å². The summed E-state index contributed by atoms with van der Waals surface area (Å²) in [7, 11) is 1.33. The van der Waals surface area contributed by atoms with Gasteiger partial charge in [-0.05, 0) is 57.3 Å². The van der Waals surface area contributed by atoms with Crippen LogP contribution in [0.5, 0.6) is 0 Å². The lowest BCUT2D eigenvalue weighted by Gasteiger charge is -2.46. The molecule has 0 aromatic carbocycles. The van der Waals surface area contributed by atoms with Gasteiger partial charge in [0.25, 0.3) is 0 Å². The summed E-state index contributed by atoms with van der Waals surface area (Å²) in [6.07, 6.45) is 2.86. The average Bonchev–Trinajstić information content (AvgIpc) is 3.12. The van der Waals surface area contributed by atoms with E-state index in [1.54, 1.807) is 13.8 Å². The first-order valence-electron chi connectivity index (χ1n) is 11.5. The number of methoxy groups -OCH3 is 1. The number of amides is 1. The minimum Gasteiger partial charge on any atom is -0.465 e. The number of rotatable bonds is 6. The number of carbonyl (C=O) groups is 3. The van der Waals surface area contributed by atoms with Crippen LogP contribution in [-0.2, 0) is 23.8 Å². The molecule has 2 heterocycles. The summed E-state index contributed by atoms with van der Waals surface area (Å²) in [5.74, 6) is 0.365. The van der Waals surface area contributed by atoms with Crippen LogP contribution in [0.1, 0.15) is 46.0 Å². The highest BCUT2D eigenvalue weighted by Crippen LogP contribution is 2.42. The molecule has 0 bridgehead atoms. The lowest BCUT2D eigenvalue weighted by Crippen LogP contribution is -2.55. The molecule has 9 heteroatoms. The quantitative estimate of drug-likeness (QED) is 0.488. The van der Waals surface area contributed by atoms with E-state index in [1.165, 1.54) is 12.0 Å². The molecule has 0 spiro atoms. The Labute approximate surface area is 184 Å². The van der Waals surface area contributed by atoms with Crippen molar-refractivity contribution in [3.8, 4) is 0 Å². The normalized spacial score (nSPS) is 33.5. The number of hydrogen-bond donors (Lipinski definition) is 1. The molecule has 2 aliphatic heterocycles. The van der Waals surface area contributed by atoms with Gasteiger partial charge in [0.2, 0.25) is 0 Å². The highest BCUT2D eigenvalue weighted by atomic mass is 16.6. The van der Waals surface area contributed by atoms with Gasteiger partial charge in [-0.15, -0.1) is 0 Å². The SMILES string of the molecule is CCOC(=O)[C@@H]1C[C@@H](O)CN1C[C@H]1CC[C@H]2CN(C(=O)OC)[C@H](C(=O)OCC)C[C@H]2C1. The summed E-state index contributed by atoms with van der Waals surface area (Å²) in [4.78, 5) is 40.7. The van der Waals surface area contributed by atoms with Gasteiger partial charge in [0.15, 0.2) is 0 Å². The number of nitrogens with zero attached hydrogens (tertiary/aromatic N) is 2. The van der Waals surface area contributed by atoms with Crippen LogP contribution >= 0.6 is 0 Å². The number of likely N-dealkylation sites (tertiary alicyclic amines) is 2. The summed E-state index contributed by atoms with van der Waals surface area (Å²) in [5.41, 5.74) is 0. The Bertz CT molecular complexity index is 658. The molecule has 1 saturated carbocycles. The summed E-state index contributed by atoms with van der Waals surface area (Å²) in [6, 6.07) is -1.01. The molecule has 0 aromatic heterocycles. The Kier molecular flexibility index (Phi) is 8.16. The number of hydrogen-bond acceptors (Lipinski definition) is 8. The molecular weight excluding hydrogens is 404 g/mol. The second kappa shape index (κ2) is 10.6. The van der Waals surface area contributed by atoms with Crippen LogP contribution in [0.4, 0.5) is 4.79 Å². The highest BCUT2D eigenvalue weighted by Gasteiger charge is 2.46. The zero-order chi connectivity index (χ0) is 22.5. The molecule has 31 heavy (non-hydrogen) atoms. The van der Waals surface area contributed by atoms with E-state index in [0.29, 0.717) is 50.3 Å². The van der Waals surface area contributed by atoms with Gasteiger partial charge in [0, 0.05) is 26.1 Å². The minimum absolute atomic E-state index is 0.263. The van der Waals surface area contributed by atoms with Crippen LogP contribution in [0.15, 0.2) is 0 Å². The van der Waals surface area contributed by atoms with Crippen molar-refractivity contribution in [2.75, 3.05) is 40.0 Å².